The number of aromatic nitrogens is 2. The standard InChI is InChI=1S/C17H20N4O3S/c1-3-11(2)21-15(23)12-6-4-5-7-13(12)19-17(21)25-10-14(22)20-9-8-18-16(20)24/h4-7,11H,3,8-10H2,1-2H3,(H,18,24). The molecule has 0 spiro atoms. The molecule has 25 heavy (non-hydrogen) atoms. The van der Waals surface area contributed by atoms with E-state index in [9.17, 15) is 14.4 Å². The Bertz CT molecular complexity index is 880. The Hall–Kier alpha value is -2.35. The fraction of sp³-hybridized carbons (Fsp3) is 0.412. The minimum absolute atomic E-state index is 0.0303. The van der Waals surface area contributed by atoms with Crippen LogP contribution >= 0.6 is 11.8 Å². The largest absolute Gasteiger partial charge is 0.336 e. The van der Waals surface area contributed by atoms with E-state index < -0.39 is 0 Å². The summed E-state index contributed by atoms with van der Waals surface area (Å²) in [4.78, 5) is 42.5. The number of hydrogen-bond acceptors (Lipinski definition) is 5. The molecule has 1 atom stereocenters. The van der Waals surface area contributed by atoms with Crippen molar-refractivity contribution in [2.45, 2.75) is 31.5 Å². The molecule has 0 bridgehead atoms. The average molecular weight is 360 g/mol. The third kappa shape index (κ3) is 3.39. The number of nitrogens with one attached hydrogen (secondary N) is 1. The van der Waals surface area contributed by atoms with Crippen molar-refractivity contribution >= 4 is 34.6 Å². The summed E-state index contributed by atoms with van der Waals surface area (Å²) < 4.78 is 1.64. The molecule has 3 amide bonds. The lowest BCUT2D eigenvalue weighted by Gasteiger charge is -2.18. The van der Waals surface area contributed by atoms with Gasteiger partial charge in [0, 0.05) is 19.1 Å². The molecule has 1 aromatic heterocycles. The van der Waals surface area contributed by atoms with Gasteiger partial charge in [-0.2, -0.15) is 0 Å². The summed E-state index contributed by atoms with van der Waals surface area (Å²) in [5.41, 5.74) is 0.509. The van der Waals surface area contributed by atoms with E-state index in [2.05, 4.69) is 10.3 Å². The highest BCUT2D eigenvalue weighted by Crippen LogP contribution is 2.22. The monoisotopic (exact) mass is 360 g/mol. The Morgan fingerprint density at radius 3 is 2.80 bits per heavy atom. The normalized spacial score (nSPS) is 15.4. The minimum Gasteiger partial charge on any atom is -0.336 e. The lowest BCUT2D eigenvalue weighted by atomic mass is 10.2. The van der Waals surface area contributed by atoms with Gasteiger partial charge in [0.2, 0.25) is 5.91 Å². The predicted octanol–water partition coefficient (Wildman–Crippen LogP) is 2.01. The molecule has 1 fully saturated rings. The number of para-hydroxylation sites is 1. The van der Waals surface area contributed by atoms with Gasteiger partial charge in [0.25, 0.3) is 5.56 Å². The van der Waals surface area contributed by atoms with Crippen LogP contribution in [0.5, 0.6) is 0 Å². The van der Waals surface area contributed by atoms with E-state index in [1.165, 1.54) is 16.7 Å². The Morgan fingerprint density at radius 1 is 1.36 bits per heavy atom. The second-order valence-electron chi connectivity index (χ2n) is 5.91. The van der Waals surface area contributed by atoms with Crippen molar-refractivity contribution in [2.24, 2.45) is 0 Å². The number of amides is 3. The van der Waals surface area contributed by atoms with E-state index in [4.69, 9.17) is 0 Å². The smallest absolute Gasteiger partial charge is 0.324 e. The molecule has 1 aliphatic heterocycles. The van der Waals surface area contributed by atoms with E-state index in [1.807, 2.05) is 26.0 Å². The summed E-state index contributed by atoms with van der Waals surface area (Å²) in [5, 5.41) is 3.68. The molecule has 1 saturated heterocycles. The topological polar surface area (TPSA) is 84.3 Å². The van der Waals surface area contributed by atoms with Crippen LogP contribution in [-0.2, 0) is 4.79 Å². The maximum absolute atomic E-state index is 12.9. The summed E-state index contributed by atoms with van der Waals surface area (Å²) >= 11 is 1.20. The fourth-order valence-corrected chi connectivity index (χ4v) is 3.69. The second-order valence-corrected chi connectivity index (χ2v) is 6.85. The fourth-order valence-electron chi connectivity index (χ4n) is 2.71. The number of thioether (sulfide) groups is 1. The van der Waals surface area contributed by atoms with Gasteiger partial charge in [-0.15, -0.1) is 0 Å². The predicted molar refractivity (Wildman–Crippen MR) is 96.8 cm³/mol. The third-order valence-electron chi connectivity index (χ3n) is 4.29. The van der Waals surface area contributed by atoms with Gasteiger partial charge in [0.15, 0.2) is 5.16 Å². The van der Waals surface area contributed by atoms with Crippen LogP contribution in [0.1, 0.15) is 26.3 Å². The van der Waals surface area contributed by atoms with Gasteiger partial charge in [0.1, 0.15) is 0 Å². The van der Waals surface area contributed by atoms with Crippen molar-refractivity contribution < 1.29 is 9.59 Å². The van der Waals surface area contributed by atoms with E-state index >= 15 is 0 Å². The SMILES string of the molecule is CCC(C)n1c(SCC(=O)N2CCNC2=O)nc2ccccc2c1=O. The van der Waals surface area contributed by atoms with Crippen molar-refractivity contribution in [3.05, 3.63) is 34.6 Å². The maximum atomic E-state index is 12.9. The van der Waals surface area contributed by atoms with Gasteiger partial charge < -0.3 is 5.32 Å². The summed E-state index contributed by atoms with van der Waals surface area (Å²) in [6, 6.07) is 6.80. The first-order valence-corrected chi connectivity index (χ1v) is 9.23. The minimum atomic E-state index is -0.364. The van der Waals surface area contributed by atoms with E-state index in [-0.39, 0.29) is 29.3 Å². The molecule has 2 heterocycles. The van der Waals surface area contributed by atoms with Crippen LogP contribution in [0.25, 0.3) is 10.9 Å². The van der Waals surface area contributed by atoms with Crippen LogP contribution in [-0.4, -0.2) is 45.2 Å². The van der Waals surface area contributed by atoms with Crippen LogP contribution < -0.4 is 10.9 Å². The molecular formula is C17H20N4O3S. The lowest BCUT2D eigenvalue weighted by molar-refractivity contribution is -0.124. The zero-order valence-electron chi connectivity index (χ0n) is 14.2. The highest BCUT2D eigenvalue weighted by atomic mass is 32.2. The lowest BCUT2D eigenvalue weighted by Crippen LogP contribution is -2.35. The first-order valence-electron chi connectivity index (χ1n) is 8.25. The van der Waals surface area contributed by atoms with Gasteiger partial charge >= 0.3 is 6.03 Å². The zero-order valence-corrected chi connectivity index (χ0v) is 15.0. The molecule has 1 aromatic carbocycles. The van der Waals surface area contributed by atoms with Crippen LogP contribution in [0.4, 0.5) is 4.79 Å². The second kappa shape index (κ2) is 7.26. The summed E-state index contributed by atoms with van der Waals surface area (Å²) in [5.74, 6) is -0.215. The summed E-state index contributed by atoms with van der Waals surface area (Å²) in [6.07, 6.45) is 0.774. The van der Waals surface area contributed by atoms with Gasteiger partial charge in [-0.05, 0) is 25.5 Å². The number of rotatable bonds is 5. The number of urea groups is 1. The average Bonchev–Trinajstić information content (AvgIpc) is 3.05. The molecule has 132 valence electrons. The van der Waals surface area contributed by atoms with Crippen molar-refractivity contribution in [1.82, 2.24) is 19.8 Å². The maximum Gasteiger partial charge on any atom is 0.324 e. The number of hydrogen-bond donors (Lipinski definition) is 1. The summed E-state index contributed by atoms with van der Waals surface area (Å²) in [6.45, 7) is 4.81. The van der Waals surface area contributed by atoms with Gasteiger partial charge in [-0.1, -0.05) is 30.8 Å². The Kier molecular flexibility index (Phi) is 5.08. The Labute approximate surface area is 149 Å². The highest BCUT2D eigenvalue weighted by molar-refractivity contribution is 7.99. The van der Waals surface area contributed by atoms with Crippen molar-refractivity contribution in [1.29, 1.82) is 0 Å². The molecule has 8 heteroatoms. The third-order valence-corrected chi connectivity index (χ3v) is 5.23. The van der Waals surface area contributed by atoms with Gasteiger partial charge in [-0.25, -0.2) is 9.78 Å². The quantitative estimate of drug-likeness (QED) is 0.651. The Balaban J connectivity index is 1.93. The van der Waals surface area contributed by atoms with Crippen LogP contribution in [0.15, 0.2) is 34.2 Å². The van der Waals surface area contributed by atoms with Gasteiger partial charge in [0.05, 0.1) is 16.7 Å². The van der Waals surface area contributed by atoms with E-state index in [1.54, 1.807) is 16.7 Å². The highest BCUT2D eigenvalue weighted by Gasteiger charge is 2.26. The molecular weight excluding hydrogens is 340 g/mol. The first-order chi connectivity index (χ1) is 12.0. The number of imide groups is 1. The number of fused-ring (bicyclic) bond motifs is 1. The van der Waals surface area contributed by atoms with Crippen molar-refractivity contribution in [2.75, 3.05) is 18.8 Å². The van der Waals surface area contributed by atoms with E-state index in [0.29, 0.717) is 29.1 Å². The first kappa shape index (κ1) is 17.5. The number of benzene rings is 1. The number of carbonyl (C=O) groups is 2. The van der Waals surface area contributed by atoms with Crippen molar-refractivity contribution in [3.63, 3.8) is 0 Å². The molecule has 2 aromatic rings. The van der Waals surface area contributed by atoms with Crippen LogP contribution in [0.3, 0.4) is 0 Å². The molecule has 1 N–H and O–H groups in total. The van der Waals surface area contributed by atoms with E-state index in [0.717, 1.165) is 6.42 Å². The molecule has 1 aliphatic rings. The molecule has 7 nitrogen and oxygen atoms in total. The van der Waals surface area contributed by atoms with Crippen LogP contribution in [0, 0.1) is 0 Å². The Morgan fingerprint density at radius 2 is 2.12 bits per heavy atom. The molecule has 0 aliphatic carbocycles. The van der Waals surface area contributed by atoms with Crippen molar-refractivity contribution in [3.8, 4) is 0 Å². The number of nitrogens with zero attached hydrogens (tertiary/aromatic N) is 3. The zero-order chi connectivity index (χ0) is 18.0. The summed E-state index contributed by atoms with van der Waals surface area (Å²) in [7, 11) is 0. The molecule has 0 saturated carbocycles. The molecule has 1 unspecified atom stereocenters. The van der Waals surface area contributed by atoms with Crippen LogP contribution in [0.2, 0.25) is 0 Å². The molecule has 0 radical (unpaired) electrons. The molecule has 3 rings (SSSR count). The van der Waals surface area contributed by atoms with Gasteiger partial charge in [-0.3, -0.25) is 19.1 Å². The number of carbonyl (C=O) groups excluding carboxylic acids is 2.